The van der Waals surface area contributed by atoms with Gasteiger partial charge in [-0.25, -0.2) is 0 Å². The molecular formula is C10H16OS. The number of hydrogen-bond acceptors (Lipinski definition) is 1. The van der Waals surface area contributed by atoms with Crippen LogP contribution in [-0.2, 0) is 4.79 Å². The molecule has 0 radical (unpaired) electrons. The van der Waals surface area contributed by atoms with Crippen molar-refractivity contribution in [2.24, 2.45) is 11.3 Å². The fourth-order valence-electron chi connectivity index (χ4n) is 3.03. The van der Waals surface area contributed by atoms with Gasteiger partial charge >= 0.3 is 0 Å². The van der Waals surface area contributed by atoms with Crippen LogP contribution in [0.3, 0.4) is 0 Å². The maximum atomic E-state index is 10.7. The zero-order valence-electron chi connectivity index (χ0n) is 7.38. The molecule has 2 bridgehead atoms. The summed E-state index contributed by atoms with van der Waals surface area (Å²) >= 11 is 3.82. The number of carbonyl (C=O) groups is 1. The third-order valence-electron chi connectivity index (χ3n) is 3.76. The van der Waals surface area contributed by atoms with Crippen LogP contribution in [-0.4, -0.2) is 5.12 Å². The first-order valence-corrected chi connectivity index (χ1v) is 5.37. The Balaban J connectivity index is 1.90. The Bertz CT molecular complexity index is 192. The maximum absolute atomic E-state index is 10.7. The molecule has 2 aliphatic carbocycles. The lowest BCUT2D eigenvalue weighted by Gasteiger charge is -2.25. The Morgan fingerprint density at radius 1 is 1.42 bits per heavy atom. The summed E-state index contributed by atoms with van der Waals surface area (Å²) in [5.74, 6) is 1.00. The summed E-state index contributed by atoms with van der Waals surface area (Å²) in [5.41, 5.74) is 0.572. The van der Waals surface area contributed by atoms with Crippen molar-refractivity contribution < 1.29 is 4.79 Å². The molecule has 2 aliphatic rings. The second-order valence-corrected chi connectivity index (χ2v) is 5.04. The molecule has 68 valence electrons. The highest BCUT2D eigenvalue weighted by atomic mass is 32.1. The van der Waals surface area contributed by atoms with Gasteiger partial charge in [0.25, 0.3) is 0 Å². The van der Waals surface area contributed by atoms with Gasteiger partial charge in [0.05, 0.1) is 0 Å². The Labute approximate surface area is 79.3 Å². The summed E-state index contributed by atoms with van der Waals surface area (Å²) in [5, 5.41) is 0.0692. The molecule has 2 fully saturated rings. The van der Waals surface area contributed by atoms with Crippen LogP contribution in [0.5, 0.6) is 0 Å². The van der Waals surface area contributed by atoms with Crippen LogP contribution in [0.2, 0.25) is 0 Å². The molecule has 0 unspecified atom stereocenters. The van der Waals surface area contributed by atoms with Gasteiger partial charge in [-0.1, -0.05) is 0 Å². The molecule has 0 aliphatic heterocycles. The predicted molar refractivity (Wildman–Crippen MR) is 52.2 cm³/mol. The quantitative estimate of drug-likeness (QED) is 0.667. The highest BCUT2D eigenvalue weighted by Crippen LogP contribution is 2.56. The normalized spacial score (nSPS) is 38.9. The molecule has 0 aromatic rings. The van der Waals surface area contributed by atoms with Crippen LogP contribution < -0.4 is 0 Å². The van der Waals surface area contributed by atoms with E-state index in [2.05, 4.69) is 12.6 Å². The zero-order valence-corrected chi connectivity index (χ0v) is 8.28. The third kappa shape index (κ3) is 1.54. The van der Waals surface area contributed by atoms with Crippen molar-refractivity contribution >= 4 is 17.7 Å². The van der Waals surface area contributed by atoms with Gasteiger partial charge in [-0.15, -0.1) is 12.6 Å². The minimum absolute atomic E-state index is 0.0692. The fraction of sp³-hybridized carbons (Fsp3) is 0.900. The smallest absolute Gasteiger partial charge is 0.185 e. The number of carbonyl (C=O) groups excluding carboxylic acids is 1. The summed E-state index contributed by atoms with van der Waals surface area (Å²) in [6, 6.07) is 0. The van der Waals surface area contributed by atoms with Gasteiger partial charge in [-0.2, -0.15) is 0 Å². The van der Waals surface area contributed by atoms with Gasteiger partial charge in [-0.05, 0) is 49.9 Å². The summed E-state index contributed by atoms with van der Waals surface area (Å²) < 4.78 is 0. The van der Waals surface area contributed by atoms with Crippen LogP contribution in [0, 0.1) is 11.3 Å². The molecule has 0 aromatic carbocycles. The van der Waals surface area contributed by atoms with E-state index in [1.165, 1.54) is 32.1 Å². The van der Waals surface area contributed by atoms with Crippen LogP contribution in [0.4, 0.5) is 0 Å². The maximum Gasteiger partial charge on any atom is 0.185 e. The molecule has 2 heteroatoms. The Morgan fingerprint density at radius 3 is 2.50 bits per heavy atom. The number of fused-ring (bicyclic) bond motifs is 2. The average Bonchev–Trinajstić information content (AvgIpc) is 2.60. The molecule has 0 saturated heterocycles. The summed E-state index contributed by atoms with van der Waals surface area (Å²) in [6.07, 6.45) is 8.77. The summed E-state index contributed by atoms with van der Waals surface area (Å²) in [6.45, 7) is 0. The first-order chi connectivity index (χ1) is 5.70. The summed E-state index contributed by atoms with van der Waals surface area (Å²) in [7, 11) is 0. The van der Waals surface area contributed by atoms with E-state index in [1.54, 1.807) is 0 Å². The SMILES string of the molecule is O=C(S)CCC12CCC(CC1)C2. The molecule has 0 atom stereocenters. The van der Waals surface area contributed by atoms with Crippen molar-refractivity contribution in [1.82, 2.24) is 0 Å². The van der Waals surface area contributed by atoms with Crippen LogP contribution in [0.1, 0.15) is 44.9 Å². The van der Waals surface area contributed by atoms with Crippen LogP contribution >= 0.6 is 12.6 Å². The van der Waals surface area contributed by atoms with Crippen molar-refractivity contribution in [1.29, 1.82) is 0 Å². The first kappa shape index (κ1) is 8.61. The van der Waals surface area contributed by atoms with Gasteiger partial charge < -0.3 is 0 Å². The zero-order chi connectivity index (χ0) is 8.60. The minimum atomic E-state index is 0.0692. The van der Waals surface area contributed by atoms with Crippen molar-refractivity contribution in [3.05, 3.63) is 0 Å². The standard InChI is InChI=1S/C10H16OS/c11-9(12)3-6-10-4-1-8(7-10)2-5-10/h8H,1-7H2,(H,11,12). The van der Waals surface area contributed by atoms with Gasteiger partial charge in [0.15, 0.2) is 5.12 Å². The van der Waals surface area contributed by atoms with E-state index in [4.69, 9.17) is 0 Å². The monoisotopic (exact) mass is 184 g/mol. The molecule has 0 N–H and O–H groups in total. The molecule has 0 spiro atoms. The lowest BCUT2D eigenvalue weighted by molar-refractivity contribution is -0.111. The molecule has 0 heterocycles. The fourth-order valence-corrected chi connectivity index (χ4v) is 3.15. The van der Waals surface area contributed by atoms with Crippen molar-refractivity contribution in [3.8, 4) is 0 Å². The van der Waals surface area contributed by atoms with Gasteiger partial charge in [0.1, 0.15) is 0 Å². The van der Waals surface area contributed by atoms with Gasteiger partial charge in [0, 0.05) is 6.42 Å². The van der Waals surface area contributed by atoms with E-state index in [-0.39, 0.29) is 5.12 Å². The molecule has 2 rings (SSSR count). The number of rotatable bonds is 3. The highest BCUT2D eigenvalue weighted by molar-refractivity contribution is 7.96. The molecule has 12 heavy (non-hydrogen) atoms. The van der Waals surface area contributed by atoms with E-state index in [0.29, 0.717) is 11.8 Å². The predicted octanol–water partition coefficient (Wildman–Crippen LogP) is 2.80. The second-order valence-electron chi connectivity index (χ2n) is 4.54. The van der Waals surface area contributed by atoms with Crippen molar-refractivity contribution in [2.45, 2.75) is 44.9 Å². The summed E-state index contributed by atoms with van der Waals surface area (Å²) in [4.78, 5) is 10.7. The topological polar surface area (TPSA) is 17.1 Å². The molecule has 0 amide bonds. The molecule has 0 aromatic heterocycles. The first-order valence-electron chi connectivity index (χ1n) is 4.92. The van der Waals surface area contributed by atoms with E-state index in [9.17, 15) is 4.79 Å². The Morgan fingerprint density at radius 2 is 2.08 bits per heavy atom. The van der Waals surface area contributed by atoms with E-state index >= 15 is 0 Å². The number of hydrogen-bond donors (Lipinski definition) is 1. The number of thiol groups is 1. The van der Waals surface area contributed by atoms with E-state index in [0.717, 1.165) is 12.3 Å². The Hall–Kier alpha value is 0.0200. The molecular weight excluding hydrogens is 168 g/mol. The van der Waals surface area contributed by atoms with Crippen molar-refractivity contribution in [2.75, 3.05) is 0 Å². The van der Waals surface area contributed by atoms with E-state index < -0.39 is 0 Å². The molecule has 2 saturated carbocycles. The lowest BCUT2D eigenvalue weighted by Crippen LogP contribution is -2.14. The Kier molecular flexibility index (Phi) is 2.19. The van der Waals surface area contributed by atoms with Crippen LogP contribution in [0.15, 0.2) is 0 Å². The van der Waals surface area contributed by atoms with Gasteiger partial charge in [-0.3, -0.25) is 4.79 Å². The third-order valence-corrected chi connectivity index (χ3v) is 3.98. The van der Waals surface area contributed by atoms with Crippen LogP contribution in [0.25, 0.3) is 0 Å². The van der Waals surface area contributed by atoms with E-state index in [1.807, 2.05) is 0 Å². The average molecular weight is 184 g/mol. The second kappa shape index (κ2) is 3.06. The molecule has 1 nitrogen and oxygen atoms in total. The van der Waals surface area contributed by atoms with Gasteiger partial charge in [0.2, 0.25) is 0 Å². The highest BCUT2D eigenvalue weighted by Gasteiger charge is 2.44. The lowest BCUT2D eigenvalue weighted by atomic mass is 9.80. The van der Waals surface area contributed by atoms with Crippen molar-refractivity contribution in [3.63, 3.8) is 0 Å². The minimum Gasteiger partial charge on any atom is -0.288 e. The largest absolute Gasteiger partial charge is 0.288 e.